The van der Waals surface area contributed by atoms with Crippen LogP contribution in [0, 0.1) is 17.8 Å². The molecule has 5 aliphatic rings. The van der Waals surface area contributed by atoms with Gasteiger partial charge in [0.2, 0.25) is 0 Å². The second-order valence-corrected chi connectivity index (χ2v) is 15.1. The normalized spacial score (nSPS) is 40.3. The van der Waals surface area contributed by atoms with Crippen molar-refractivity contribution in [1.82, 2.24) is 0 Å². The molecule has 1 aromatic carbocycles. The maximum Gasteiger partial charge on any atom is 0.411 e. The highest BCUT2D eigenvalue weighted by molar-refractivity contribution is 6.30. The van der Waals surface area contributed by atoms with Crippen LogP contribution in [0.3, 0.4) is 0 Å². The van der Waals surface area contributed by atoms with Crippen LogP contribution in [0.25, 0.3) is 0 Å². The van der Waals surface area contributed by atoms with E-state index in [4.69, 9.17) is 35.3 Å². The summed E-state index contributed by atoms with van der Waals surface area (Å²) < 4.78 is 31.2. The van der Waals surface area contributed by atoms with Gasteiger partial charge >= 0.3 is 12.1 Å². The maximum atomic E-state index is 14.3. The van der Waals surface area contributed by atoms with Crippen LogP contribution in [-0.4, -0.2) is 77.4 Å². The van der Waals surface area contributed by atoms with Crippen LogP contribution in [0.1, 0.15) is 72.6 Å². The lowest BCUT2D eigenvalue weighted by Crippen LogP contribution is -2.58. The van der Waals surface area contributed by atoms with Crippen LogP contribution in [0.2, 0.25) is 5.02 Å². The van der Waals surface area contributed by atoms with Crippen molar-refractivity contribution in [2.45, 2.75) is 115 Å². The number of amides is 1. The lowest BCUT2D eigenvalue weighted by molar-refractivity contribution is -0.335. The summed E-state index contributed by atoms with van der Waals surface area (Å²) in [6.07, 6.45) is 10.2. The van der Waals surface area contributed by atoms with Crippen molar-refractivity contribution < 1.29 is 43.5 Å². The lowest BCUT2D eigenvalue weighted by atomic mass is 9.70. The van der Waals surface area contributed by atoms with Crippen molar-refractivity contribution in [3.05, 3.63) is 76.4 Å². The van der Waals surface area contributed by atoms with Crippen LogP contribution in [0.4, 0.5) is 10.5 Å². The summed E-state index contributed by atoms with van der Waals surface area (Å²) in [7, 11) is 0. The molecule has 50 heavy (non-hydrogen) atoms. The summed E-state index contributed by atoms with van der Waals surface area (Å²) in [5, 5.41) is 27.0. The van der Waals surface area contributed by atoms with Gasteiger partial charge in [0.1, 0.15) is 36.4 Å². The number of nitrogens with one attached hydrogen (secondary N) is 1. The van der Waals surface area contributed by atoms with E-state index in [9.17, 15) is 19.8 Å². The Morgan fingerprint density at radius 2 is 1.94 bits per heavy atom. The van der Waals surface area contributed by atoms with E-state index in [2.05, 4.69) is 45.2 Å². The monoisotopic (exact) mass is 711 g/mol. The number of hydrogen-bond acceptors (Lipinski definition) is 9. The fourth-order valence-corrected chi connectivity index (χ4v) is 8.23. The molecule has 3 fully saturated rings. The van der Waals surface area contributed by atoms with Crippen molar-refractivity contribution in [1.29, 1.82) is 0 Å². The van der Waals surface area contributed by atoms with Crippen LogP contribution < -0.4 is 5.32 Å². The number of hydrogen-bond donors (Lipinski definition) is 3. The van der Waals surface area contributed by atoms with Gasteiger partial charge in [-0.3, -0.25) is 10.1 Å². The predicted octanol–water partition coefficient (Wildman–Crippen LogP) is 6.81. The Morgan fingerprint density at radius 1 is 1.16 bits per heavy atom. The van der Waals surface area contributed by atoms with E-state index >= 15 is 0 Å². The number of aliphatic hydroxyl groups excluding tert-OH is 1. The summed E-state index contributed by atoms with van der Waals surface area (Å²) >= 11 is 5.95. The van der Waals surface area contributed by atoms with Gasteiger partial charge in [0.15, 0.2) is 5.79 Å². The summed E-state index contributed by atoms with van der Waals surface area (Å²) in [4.78, 5) is 27.0. The van der Waals surface area contributed by atoms with Gasteiger partial charge in [0.25, 0.3) is 0 Å². The Hall–Kier alpha value is -2.99. The van der Waals surface area contributed by atoms with Crippen molar-refractivity contribution in [3.8, 4) is 0 Å². The number of ether oxygens (including phenoxy) is 5. The summed E-state index contributed by atoms with van der Waals surface area (Å²) in [5.74, 6) is -2.16. The minimum atomic E-state index is -1.89. The molecule has 5 unspecified atom stereocenters. The van der Waals surface area contributed by atoms with Gasteiger partial charge in [-0.25, -0.2) is 4.79 Å². The number of esters is 1. The highest BCUT2D eigenvalue weighted by Gasteiger charge is 2.60. The predicted molar refractivity (Wildman–Crippen MR) is 188 cm³/mol. The van der Waals surface area contributed by atoms with Gasteiger partial charge < -0.3 is 33.9 Å². The second-order valence-electron chi connectivity index (χ2n) is 14.7. The number of benzene rings is 1. The fraction of sp³-hybridized carbons (Fsp3) is 0.590. The van der Waals surface area contributed by atoms with Crippen LogP contribution in [-0.2, 0) is 28.5 Å². The molecule has 10 atom stereocenters. The highest BCUT2D eigenvalue weighted by Crippen LogP contribution is 2.47. The largest absolute Gasteiger partial charge is 0.462 e. The SMILES string of the molecule is CC[C@H]1OC2(CC[C@@H]1C)CC1CC(C/C=C(\C)C[C@@H](C)/C=C/C=C3\COC4[C@H](O)C(COC(=O)Nc5ccc(Cl)cc5)=CC(C(=O)O1)[C@]34O)O2. The quantitative estimate of drug-likeness (QED) is 0.228. The van der Waals surface area contributed by atoms with Crippen molar-refractivity contribution in [3.63, 3.8) is 0 Å². The highest BCUT2D eigenvalue weighted by atomic mass is 35.5. The van der Waals surface area contributed by atoms with Gasteiger partial charge in [-0.2, -0.15) is 0 Å². The number of halogens is 1. The molecule has 1 amide bonds. The molecule has 1 spiro atoms. The van der Waals surface area contributed by atoms with Gasteiger partial charge in [0.05, 0.1) is 18.8 Å². The van der Waals surface area contributed by atoms with Gasteiger partial charge in [-0.05, 0) is 79.9 Å². The molecule has 2 bridgehead atoms. The van der Waals surface area contributed by atoms with Crippen LogP contribution in [0.5, 0.6) is 0 Å². The van der Waals surface area contributed by atoms with Gasteiger partial charge in [-0.1, -0.05) is 68.3 Å². The molecule has 1 aliphatic carbocycles. The molecule has 0 radical (unpaired) electrons. The molecule has 1 aromatic rings. The second kappa shape index (κ2) is 15.3. The van der Waals surface area contributed by atoms with Crippen LogP contribution >= 0.6 is 11.6 Å². The summed E-state index contributed by atoms with van der Waals surface area (Å²) in [6, 6.07) is 6.53. The third-order valence-electron chi connectivity index (χ3n) is 10.8. The van der Waals surface area contributed by atoms with Crippen molar-refractivity contribution in [2.24, 2.45) is 17.8 Å². The first kappa shape index (κ1) is 36.8. The Kier molecular flexibility index (Phi) is 11.3. The minimum absolute atomic E-state index is 0.00553. The zero-order valence-corrected chi connectivity index (χ0v) is 30.1. The van der Waals surface area contributed by atoms with E-state index in [1.807, 2.05) is 6.08 Å². The number of carbonyl (C=O) groups excluding carboxylic acids is 2. The van der Waals surface area contributed by atoms with Crippen LogP contribution in [0.15, 0.2) is 71.4 Å². The zero-order valence-electron chi connectivity index (χ0n) is 29.3. The lowest BCUT2D eigenvalue weighted by Gasteiger charge is -2.50. The number of carbonyl (C=O) groups is 2. The van der Waals surface area contributed by atoms with E-state index in [1.54, 1.807) is 30.3 Å². The Balaban J connectivity index is 1.31. The summed E-state index contributed by atoms with van der Waals surface area (Å²) in [5.41, 5.74) is 0.510. The van der Waals surface area contributed by atoms with E-state index in [1.165, 1.54) is 11.6 Å². The van der Waals surface area contributed by atoms with E-state index in [0.717, 1.165) is 19.3 Å². The number of fused-ring (bicyclic) bond motifs is 2. The molecule has 10 nitrogen and oxygen atoms in total. The molecular weight excluding hydrogens is 662 g/mol. The zero-order chi connectivity index (χ0) is 35.6. The molecule has 4 heterocycles. The standard InChI is InChI=1S/C39H50ClNO9/c1-5-33-25(4)15-16-38(50-33)20-31-19-30(49-38)14-9-24(3)17-23(2)7-6-8-27-22-46-35-34(42)26(18-32(36(43)48-31)39(27,35)45)21-47-37(44)41-29-12-10-28(40)11-13-29/h6-13,18,23,25,30-35,42,45H,5,14-17,19-22H2,1-4H3,(H,41,44)/b7-6+,24-9+,27-8+/t23-,25-,30?,31?,32?,33+,34+,35?,38?,39+/m0/s1. The average Bonchev–Trinajstić information content (AvgIpc) is 3.42. The molecule has 0 aromatic heterocycles. The van der Waals surface area contributed by atoms with Crippen molar-refractivity contribution >= 4 is 29.4 Å². The number of allylic oxidation sites excluding steroid dienone is 4. The smallest absolute Gasteiger partial charge is 0.411 e. The Labute approximate surface area is 299 Å². The first-order valence-electron chi connectivity index (χ1n) is 17.9. The Bertz CT molecular complexity index is 1540. The Morgan fingerprint density at radius 3 is 2.70 bits per heavy atom. The molecule has 0 saturated carbocycles. The molecule has 3 N–H and O–H groups in total. The maximum absolute atomic E-state index is 14.3. The van der Waals surface area contributed by atoms with Gasteiger partial charge in [-0.15, -0.1) is 0 Å². The molecule has 272 valence electrons. The minimum Gasteiger partial charge on any atom is -0.462 e. The molecule has 11 heteroatoms. The molecule has 3 saturated heterocycles. The fourth-order valence-electron chi connectivity index (χ4n) is 8.10. The molecular formula is C39H50ClNO9. The van der Waals surface area contributed by atoms with E-state index in [-0.39, 0.29) is 36.9 Å². The number of rotatable bonds is 4. The van der Waals surface area contributed by atoms with Crippen molar-refractivity contribution in [2.75, 3.05) is 18.5 Å². The summed E-state index contributed by atoms with van der Waals surface area (Å²) in [6.45, 7) is 8.23. The number of anilines is 1. The molecule has 6 rings (SSSR count). The average molecular weight is 712 g/mol. The molecule has 4 aliphatic heterocycles. The van der Waals surface area contributed by atoms with E-state index < -0.39 is 47.7 Å². The first-order valence-corrected chi connectivity index (χ1v) is 18.3. The van der Waals surface area contributed by atoms with Gasteiger partial charge in [0, 0.05) is 30.0 Å². The third-order valence-corrected chi connectivity index (χ3v) is 11.1. The number of aliphatic hydroxyl groups is 2. The topological polar surface area (TPSA) is 133 Å². The van der Waals surface area contributed by atoms with E-state index in [0.29, 0.717) is 47.9 Å². The first-order chi connectivity index (χ1) is 23.9. The third kappa shape index (κ3) is 7.91.